The van der Waals surface area contributed by atoms with E-state index < -0.39 is 0 Å². The van der Waals surface area contributed by atoms with Crippen molar-refractivity contribution >= 4 is 11.8 Å². The van der Waals surface area contributed by atoms with Crippen molar-refractivity contribution in [1.82, 2.24) is 9.55 Å². The lowest BCUT2D eigenvalue weighted by atomic mass is 10.1. The van der Waals surface area contributed by atoms with Crippen LogP contribution in [0, 0.1) is 0 Å². The number of nitrogens with zero attached hydrogens (tertiary/aromatic N) is 2. The van der Waals surface area contributed by atoms with E-state index in [4.69, 9.17) is 14.8 Å². The maximum Gasteiger partial charge on any atom is 0.136 e. The molecule has 4 nitrogen and oxygen atoms in total. The van der Waals surface area contributed by atoms with E-state index in [9.17, 15) is 0 Å². The number of hydrogen-bond donors (Lipinski definition) is 1. The van der Waals surface area contributed by atoms with Gasteiger partial charge in [-0.3, -0.25) is 0 Å². The molecule has 5 heteroatoms. The minimum absolute atomic E-state index is 0.0372. The Kier molecular flexibility index (Phi) is 6.49. The van der Waals surface area contributed by atoms with Crippen molar-refractivity contribution in [3.8, 4) is 0 Å². The molecule has 120 valence electrons. The molecule has 0 aliphatic heterocycles. The summed E-state index contributed by atoms with van der Waals surface area (Å²) in [5.74, 6) is 1.29. The highest BCUT2D eigenvalue weighted by molar-refractivity contribution is 7.99. The van der Waals surface area contributed by atoms with Crippen LogP contribution in [0.4, 0.5) is 0 Å². The van der Waals surface area contributed by atoms with Gasteiger partial charge in [0, 0.05) is 11.4 Å². The Hall–Kier alpha value is -1.30. The van der Waals surface area contributed by atoms with Crippen LogP contribution in [0.3, 0.4) is 0 Å². The first-order valence-electron chi connectivity index (χ1n) is 7.68. The van der Waals surface area contributed by atoms with E-state index in [0.717, 1.165) is 18.1 Å². The lowest BCUT2D eigenvalue weighted by Gasteiger charge is -2.11. The SMILES string of the molecule is CCn1c(COCCO)nc(C(C)C)c1Sc1ccccc1. The third-order valence-corrected chi connectivity index (χ3v) is 4.44. The maximum absolute atomic E-state index is 8.86. The summed E-state index contributed by atoms with van der Waals surface area (Å²) >= 11 is 1.75. The molecule has 0 atom stereocenters. The van der Waals surface area contributed by atoms with Gasteiger partial charge >= 0.3 is 0 Å². The molecular formula is C17H24N2O2S. The predicted octanol–water partition coefficient (Wildman–Crippen LogP) is 3.69. The zero-order chi connectivity index (χ0) is 15.9. The van der Waals surface area contributed by atoms with Crippen molar-refractivity contribution in [3.63, 3.8) is 0 Å². The Bertz CT molecular complexity index is 582. The predicted molar refractivity (Wildman–Crippen MR) is 89.3 cm³/mol. The number of hydrogen-bond acceptors (Lipinski definition) is 4. The number of aliphatic hydroxyl groups is 1. The van der Waals surface area contributed by atoms with Crippen molar-refractivity contribution in [2.24, 2.45) is 0 Å². The lowest BCUT2D eigenvalue weighted by Crippen LogP contribution is -2.07. The molecule has 0 amide bonds. The lowest BCUT2D eigenvalue weighted by molar-refractivity contribution is 0.0757. The third-order valence-electron chi connectivity index (χ3n) is 3.31. The molecule has 0 aliphatic rings. The van der Waals surface area contributed by atoms with Gasteiger partial charge in [0.15, 0.2) is 0 Å². The molecule has 0 aliphatic carbocycles. The number of aliphatic hydroxyl groups excluding tert-OH is 1. The summed E-state index contributed by atoms with van der Waals surface area (Å²) in [7, 11) is 0. The van der Waals surface area contributed by atoms with Gasteiger partial charge in [-0.05, 0) is 25.0 Å². The van der Waals surface area contributed by atoms with Crippen molar-refractivity contribution < 1.29 is 9.84 Å². The molecule has 22 heavy (non-hydrogen) atoms. The summed E-state index contributed by atoms with van der Waals surface area (Å²) in [5, 5.41) is 10.0. The van der Waals surface area contributed by atoms with Gasteiger partial charge < -0.3 is 14.4 Å². The first-order chi connectivity index (χ1) is 10.7. The zero-order valence-corrected chi connectivity index (χ0v) is 14.3. The van der Waals surface area contributed by atoms with Crippen LogP contribution in [0.1, 0.15) is 38.2 Å². The average Bonchev–Trinajstić information content (AvgIpc) is 2.86. The van der Waals surface area contributed by atoms with E-state index >= 15 is 0 Å². The Balaban J connectivity index is 2.32. The van der Waals surface area contributed by atoms with E-state index in [1.807, 2.05) is 6.07 Å². The van der Waals surface area contributed by atoms with E-state index in [2.05, 4.69) is 49.6 Å². The monoisotopic (exact) mass is 320 g/mol. The van der Waals surface area contributed by atoms with Crippen LogP contribution in [-0.2, 0) is 17.9 Å². The summed E-state index contributed by atoms with van der Waals surface area (Å²) in [6.07, 6.45) is 0. The van der Waals surface area contributed by atoms with Gasteiger partial charge in [-0.2, -0.15) is 0 Å². The normalized spacial score (nSPS) is 11.3. The first-order valence-corrected chi connectivity index (χ1v) is 8.49. The Morgan fingerprint density at radius 1 is 1.27 bits per heavy atom. The van der Waals surface area contributed by atoms with E-state index in [-0.39, 0.29) is 6.61 Å². The van der Waals surface area contributed by atoms with Crippen molar-refractivity contribution in [1.29, 1.82) is 0 Å². The maximum atomic E-state index is 8.86. The van der Waals surface area contributed by atoms with E-state index in [1.165, 1.54) is 9.92 Å². The standard InChI is InChI=1S/C17H24N2O2S/c1-4-19-15(12-21-11-10-20)18-16(13(2)3)17(19)22-14-8-6-5-7-9-14/h5-9,13,20H,4,10-12H2,1-3H3. The van der Waals surface area contributed by atoms with Crippen molar-refractivity contribution in [2.75, 3.05) is 13.2 Å². The minimum atomic E-state index is 0.0372. The summed E-state index contributed by atoms with van der Waals surface area (Å²) in [4.78, 5) is 5.99. The molecule has 0 spiro atoms. The molecule has 2 aromatic rings. The summed E-state index contributed by atoms with van der Waals surface area (Å²) in [6.45, 7) is 8.11. The molecule has 0 saturated heterocycles. The molecule has 0 bridgehead atoms. The molecule has 1 aromatic carbocycles. The number of benzene rings is 1. The fraction of sp³-hybridized carbons (Fsp3) is 0.471. The van der Waals surface area contributed by atoms with Crippen LogP contribution in [-0.4, -0.2) is 27.9 Å². The number of rotatable bonds is 8. The van der Waals surface area contributed by atoms with E-state index in [0.29, 0.717) is 19.1 Å². The van der Waals surface area contributed by atoms with Gasteiger partial charge in [0.2, 0.25) is 0 Å². The Labute approximate surface area is 136 Å². The van der Waals surface area contributed by atoms with Gasteiger partial charge in [-0.1, -0.05) is 43.8 Å². The van der Waals surface area contributed by atoms with Crippen molar-refractivity contribution in [2.45, 2.75) is 49.8 Å². The molecule has 0 radical (unpaired) electrons. The fourth-order valence-electron chi connectivity index (χ4n) is 2.25. The van der Waals surface area contributed by atoms with Crippen LogP contribution < -0.4 is 0 Å². The second-order valence-corrected chi connectivity index (χ2v) is 6.37. The van der Waals surface area contributed by atoms with Crippen LogP contribution >= 0.6 is 11.8 Å². The molecular weight excluding hydrogens is 296 g/mol. The zero-order valence-electron chi connectivity index (χ0n) is 13.5. The van der Waals surface area contributed by atoms with Gasteiger partial charge in [0.25, 0.3) is 0 Å². The topological polar surface area (TPSA) is 47.3 Å². The second-order valence-electron chi connectivity index (χ2n) is 5.31. The molecule has 2 rings (SSSR count). The van der Waals surface area contributed by atoms with Gasteiger partial charge in [0.1, 0.15) is 17.5 Å². The van der Waals surface area contributed by atoms with Crippen LogP contribution in [0.15, 0.2) is 40.3 Å². The minimum Gasteiger partial charge on any atom is -0.394 e. The number of ether oxygens (including phenoxy) is 1. The smallest absolute Gasteiger partial charge is 0.136 e. The molecule has 1 N–H and O–H groups in total. The first kappa shape index (κ1) is 17.1. The van der Waals surface area contributed by atoms with Gasteiger partial charge in [-0.25, -0.2) is 4.98 Å². The van der Waals surface area contributed by atoms with Crippen LogP contribution in [0.25, 0.3) is 0 Å². The molecule has 1 heterocycles. The quantitative estimate of drug-likeness (QED) is 0.754. The number of imidazole rings is 1. The highest BCUT2D eigenvalue weighted by Crippen LogP contribution is 2.34. The number of aromatic nitrogens is 2. The van der Waals surface area contributed by atoms with Gasteiger partial charge in [0.05, 0.1) is 18.9 Å². The van der Waals surface area contributed by atoms with E-state index in [1.54, 1.807) is 11.8 Å². The molecule has 0 saturated carbocycles. The summed E-state index contributed by atoms with van der Waals surface area (Å²) in [5.41, 5.74) is 1.11. The third kappa shape index (κ3) is 4.12. The fourth-order valence-corrected chi connectivity index (χ4v) is 3.50. The van der Waals surface area contributed by atoms with Crippen LogP contribution in [0.5, 0.6) is 0 Å². The summed E-state index contributed by atoms with van der Waals surface area (Å²) in [6, 6.07) is 10.4. The highest BCUT2D eigenvalue weighted by atomic mass is 32.2. The largest absolute Gasteiger partial charge is 0.394 e. The van der Waals surface area contributed by atoms with Gasteiger partial charge in [-0.15, -0.1) is 0 Å². The molecule has 0 unspecified atom stereocenters. The Morgan fingerprint density at radius 2 is 2.00 bits per heavy atom. The molecule has 0 fully saturated rings. The Morgan fingerprint density at radius 3 is 2.59 bits per heavy atom. The molecule has 1 aromatic heterocycles. The second kappa shape index (κ2) is 8.36. The van der Waals surface area contributed by atoms with Crippen LogP contribution in [0.2, 0.25) is 0 Å². The van der Waals surface area contributed by atoms with Crippen molar-refractivity contribution in [3.05, 3.63) is 41.9 Å². The summed E-state index contributed by atoms with van der Waals surface area (Å²) < 4.78 is 7.68. The average molecular weight is 320 g/mol. The highest BCUT2D eigenvalue weighted by Gasteiger charge is 2.19.